The van der Waals surface area contributed by atoms with E-state index in [0.717, 1.165) is 18.1 Å². The Kier molecular flexibility index (Phi) is 6.92. The number of rotatable bonds is 7. The van der Waals surface area contributed by atoms with E-state index in [1.54, 1.807) is 0 Å². The molecule has 0 N–H and O–H groups in total. The summed E-state index contributed by atoms with van der Waals surface area (Å²) in [7, 11) is 2.10. The average Bonchev–Trinajstić information content (AvgIpc) is 3.57. The number of benzene rings is 3. The summed E-state index contributed by atoms with van der Waals surface area (Å²) in [6.45, 7) is 14.6. The number of hydrogen-bond donors (Lipinski definition) is 0. The molecule has 0 bridgehead atoms. The third kappa shape index (κ3) is 4.76. The van der Waals surface area contributed by atoms with E-state index in [-0.39, 0.29) is 5.41 Å². The minimum atomic E-state index is -0.169. The normalized spacial score (nSPS) is 13.8. The Balaban J connectivity index is 1.56. The highest BCUT2D eigenvalue weighted by Crippen LogP contribution is 2.37. The number of hydrogen-bond acceptors (Lipinski definition) is 3. The van der Waals surface area contributed by atoms with Crippen molar-refractivity contribution in [3.05, 3.63) is 114 Å². The number of nitrogens with zero attached hydrogens (tertiary/aromatic N) is 4. The van der Waals surface area contributed by atoms with Gasteiger partial charge >= 0.3 is 0 Å². The first kappa shape index (κ1) is 25.8. The maximum absolute atomic E-state index is 4.88. The SMILES string of the molecule is CC(C)c1cccc(C(C)C)c1-n1ccnc1-c1cccc(C(C)(C)c2cccc(N3C=CN(C)C3)c2)c1. The highest BCUT2D eigenvalue weighted by atomic mass is 15.3. The van der Waals surface area contributed by atoms with Crippen molar-refractivity contribution in [3.8, 4) is 17.1 Å². The first-order valence-electron chi connectivity index (χ1n) is 13.7. The lowest BCUT2D eigenvalue weighted by Crippen LogP contribution is -2.23. The summed E-state index contributed by atoms with van der Waals surface area (Å²) in [6, 6.07) is 24.6. The Morgan fingerprint density at radius 1 is 0.789 bits per heavy atom. The van der Waals surface area contributed by atoms with Crippen LogP contribution in [0.25, 0.3) is 17.1 Å². The lowest BCUT2D eigenvalue weighted by molar-refractivity contribution is 0.495. The Hall–Kier alpha value is -3.79. The fraction of sp³-hybridized carbons (Fsp3) is 0.324. The Labute approximate surface area is 228 Å². The molecule has 0 atom stereocenters. The number of imidazole rings is 1. The zero-order valence-electron chi connectivity index (χ0n) is 23.8. The molecule has 1 aliphatic heterocycles. The third-order valence-corrected chi connectivity index (χ3v) is 7.84. The molecule has 38 heavy (non-hydrogen) atoms. The van der Waals surface area contributed by atoms with Crippen LogP contribution in [0.3, 0.4) is 0 Å². The van der Waals surface area contributed by atoms with Crippen LogP contribution in [0.4, 0.5) is 5.69 Å². The lowest BCUT2D eigenvalue weighted by Gasteiger charge is -2.28. The van der Waals surface area contributed by atoms with Gasteiger partial charge in [0.2, 0.25) is 0 Å². The van der Waals surface area contributed by atoms with E-state index in [4.69, 9.17) is 4.98 Å². The predicted octanol–water partition coefficient (Wildman–Crippen LogP) is 8.29. The molecule has 0 aliphatic carbocycles. The van der Waals surface area contributed by atoms with Crippen molar-refractivity contribution in [3.63, 3.8) is 0 Å². The van der Waals surface area contributed by atoms with Crippen molar-refractivity contribution in [2.24, 2.45) is 0 Å². The second-order valence-corrected chi connectivity index (χ2v) is 11.6. The highest BCUT2D eigenvalue weighted by molar-refractivity contribution is 5.64. The summed E-state index contributed by atoms with van der Waals surface area (Å²) in [6.07, 6.45) is 8.31. The zero-order chi connectivity index (χ0) is 27.0. The van der Waals surface area contributed by atoms with Crippen LogP contribution in [-0.4, -0.2) is 28.2 Å². The fourth-order valence-corrected chi connectivity index (χ4v) is 5.47. The van der Waals surface area contributed by atoms with Gasteiger partial charge in [0.1, 0.15) is 5.82 Å². The molecule has 0 amide bonds. The van der Waals surface area contributed by atoms with Gasteiger partial charge in [0.15, 0.2) is 0 Å². The maximum Gasteiger partial charge on any atom is 0.144 e. The molecule has 4 nitrogen and oxygen atoms in total. The molecule has 0 saturated heterocycles. The summed E-state index contributed by atoms with van der Waals surface area (Å²) >= 11 is 0. The van der Waals surface area contributed by atoms with Crippen molar-refractivity contribution < 1.29 is 0 Å². The molecule has 1 aromatic heterocycles. The quantitative estimate of drug-likeness (QED) is 0.253. The van der Waals surface area contributed by atoms with Gasteiger partial charge in [-0.25, -0.2) is 4.98 Å². The molecule has 3 aromatic carbocycles. The Morgan fingerprint density at radius 2 is 1.42 bits per heavy atom. The van der Waals surface area contributed by atoms with Gasteiger partial charge in [-0.1, -0.05) is 90.1 Å². The van der Waals surface area contributed by atoms with E-state index < -0.39 is 0 Å². The van der Waals surface area contributed by atoms with E-state index in [2.05, 4.69) is 148 Å². The van der Waals surface area contributed by atoms with Gasteiger partial charge in [-0.2, -0.15) is 0 Å². The van der Waals surface area contributed by atoms with Gasteiger partial charge in [0.05, 0.1) is 12.4 Å². The molecule has 0 spiro atoms. The predicted molar refractivity (Wildman–Crippen MR) is 160 cm³/mol. The largest absolute Gasteiger partial charge is 0.361 e. The van der Waals surface area contributed by atoms with Crippen molar-refractivity contribution in [1.82, 2.24) is 14.5 Å². The summed E-state index contributed by atoms with van der Waals surface area (Å²) in [4.78, 5) is 9.35. The average molecular weight is 505 g/mol. The molecule has 2 heterocycles. The summed E-state index contributed by atoms with van der Waals surface area (Å²) in [5.41, 5.74) is 8.73. The zero-order valence-corrected chi connectivity index (χ0v) is 23.8. The van der Waals surface area contributed by atoms with Crippen LogP contribution in [0.15, 0.2) is 91.5 Å². The number of anilines is 1. The third-order valence-electron chi connectivity index (χ3n) is 7.84. The molecule has 0 radical (unpaired) electrons. The van der Waals surface area contributed by atoms with Crippen LogP contribution in [0.5, 0.6) is 0 Å². The molecule has 5 rings (SSSR count). The molecule has 0 fully saturated rings. The van der Waals surface area contributed by atoms with Gasteiger partial charge in [-0.3, -0.25) is 4.57 Å². The van der Waals surface area contributed by atoms with E-state index in [0.29, 0.717) is 11.8 Å². The standard InChI is InChI=1S/C34H40N4/c1-24(2)30-15-10-16-31(25(3)4)32(30)38-18-17-35-33(38)26-11-8-12-27(21-26)34(5,6)28-13-9-14-29(22-28)37-20-19-36(7)23-37/h8-22,24-25H,23H2,1-7H3. The summed E-state index contributed by atoms with van der Waals surface area (Å²) < 4.78 is 2.30. The van der Waals surface area contributed by atoms with Crippen LogP contribution >= 0.6 is 0 Å². The lowest BCUT2D eigenvalue weighted by atomic mass is 9.77. The van der Waals surface area contributed by atoms with Crippen molar-refractivity contribution in [2.75, 3.05) is 18.6 Å². The number of aromatic nitrogens is 2. The van der Waals surface area contributed by atoms with E-state index in [1.165, 1.54) is 33.6 Å². The monoisotopic (exact) mass is 504 g/mol. The van der Waals surface area contributed by atoms with Crippen LogP contribution in [-0.2, 0) is 5.41 Å². The minimum absolute atomic E-state index is 0.169. The topological polar surface area (TPSA) is 24.3 Å². The molecule has 4 heteroatoms. The van der Waals surface area contributed by atoms with Crippen molar-refractivity contribution in [1.29, 1.82) is 0 Å². The smallest absolute Gasteiger partial charge is 0.144 e. The first-order valence-corrected chi connectivity index (χ1v) is 13.7. The van der Waals surface area contributed by atoms with Crippen molar-refractivity contribution >= 4 is 5.69 Å². The van der Waals surface area contributed by atoms with Crippen LogP contribution < -0.4 is 4.90 Å². The van der Waals surface area contributed by atoms with E-state index in [9.17, 15) is 0 Å². The van der Waals surface area contributed by atoms with Gasteiger partial charge < -0.3 is 9.80 Å². The Morgan fingerprint density at radius 3 is 2.05 bits per heavy atom. The van der Waals surface area contributed by atoms with Crippen LogP contribution in [0.1, 0.15) is 75.6 Å². The van der Waals surface area contributed by atoms with Gasteiger partial charge in [-0.15, -0.1) is 0 Å². The summed E-state index contributed by atoms with van der Waals surface area (Å²) in [5.74, 6) is 1.82. The van der Waals surface area contributed by atoms with Crippen molar-refractivity contribution in [2.45, 2.75) is 58.8 Å². The Bertz CT molecular complexity index is 1430. The first-order chi connectivity index (χ1) is 18.2. The van der Waals surface area contributed by atoms with E-state index >= 15 is 0 Å². The molecular weight excluding hydrogens is 464 g/mol. The molecule has 0 saturated carbocycles. The molecule has 0 unspecified atom stereocenters. The van der Waals surface area contributed by atoms with E-state index in [1.807, 2.05) is 6.20 Å². The second-order valence-electron chi connectivity index (χ2n) is 11.6. The van der Waals surface area contributed by atoms with Crippen LogP contribution in [0, 0.1) is 0 Å². The molecule has 1 aliphatic rings. The maximum atomic E-state index is 4.88. The molecular formula is C34H40N4. The van der Waals surface area contributed by atoms with Gasteiger partial charge in [0, 0.05) is 48.5 Å². The number of para-hydroxylation sites is 1. The second kappa shape index (κ2) is 10.2. The van der Waals surface area contributed by atoms with Gasteiger partial charge in [-0.05, 0) is 52.3 Å². The fourth-order valence-electron chi connectivity index (χ4n) is 5.47. The van der Waals surface area contributed by atoms with Crippen LogP contribution in [0.2, 0.25) is 0 Å². The molecule has 196 valence electrons. The van der Waals surface area contributed by atoms with Gasteiger partial charge in [0.25, 0.3) is 0 Å². The summed E-state index contributed by atoms with van der Waals surface area (Å²) in [5, 5.41) is 0. The minimum Gasteiger partial charge on any atom is -0.361 e. The highest BCUT2D eigenvalue weighted by Gasteiger charge is 2.26. The molecule has 4 aromatic rings.